The molecule has 0 radical (unpaired) electrons. The zero-order valence-electron chi connectivity index (χ0n) is 17.3. The summed E-state index contributed by atoms with van der Waals surface area (Å²) in [5, 5.41) is 20.3. The molecule has 1 aromatic rings. The lowest BCUT2D eigenvalue weighted by atomic mass is 10.1. The van der Waals surface area contributed by atoms with Crippen LogP contribution >= 0.6 is 0 Å². The second kappa shape index (κ2) is 10.4. The van der Waals surface area contributed by atoms with Gasteiger partial charge in [-0.15, -0.1) is 0 Å². The van der Waals surface area contributed by atoms with Gasteiger partial charge in [-0.25, -0.2) is 0 Å². The number of nitrogens with zero attached hydrogens (tertiary/aromatic N) is 2. The predicted molar refractivity (Wildman–Crippen MR) is 107 cm³/mol. The summed E-state index contributed by atoms with van der Waals surface area (Å²) >= 11 is 0. The monoisotopic (exact) mass is 436 g/mol. The number of nitro benzene ring substituents is 1. The largest absolute Gasteiger partial charge is 0.493 e. The van der Waals surface area contributed by atoms with Crippen molar-refractivity contribution in [2.45, 2.75) is 32.2 Å². The summed E-state index contributed by atoms with van der Waals surface area (Å²) in [6.07, 6.45) is 0.485. The number of carboxylic acids is 1. The van der Waals surface area contributed by atoms with Crippen molar-refractivity contribution in [1.82, 2.24) is 4.90 Å². The van der Waals surface area contributed by atoms with E-state index in [4.69, 9.17) is 19.3 Å². The van der Waals surface area contributed by atoms with E-state index in [9.17, 15) is 24.5 Å². The number of likely N-dealkylation sites (tertiary alicyclic amines) is 1. The van der Waals surface area contributed by atoms with Crippen LogP contribution in [0.4, 0.5) is 5.69 Å². The third-order valence-electron chi connectivity index (χ3n) is 4.60. The minimum Gasteiger partial charge on any atom is -0.493 e. The maximum atomic E-state index is 13.2. The van der Waals surface area contributed by atoms with Crippen LogP contribution in [-0.4, -0.2) is 65.7 Å². The Morgan fingerprint density at radius 2 is 2.03 bits per heavy atom. The summed E-state index contributed by atoms with van der Waals surface area (Å²) in [5.41, 5.74) is 0.0450. The molecule has 0 aliphatic carbocycles. The molecule has 168 valence electrons. The molecule has 1 heterocycles. The van der Waals surface area contributed by atoms with Crippen molar-refractivity contribution in [2.24, 2.45) is 0 Å². The first-order valence-corrected chi connectivity index (χ1v) is 9.46. The molecule has 0 saturated carbocycles. The Kier molecular flexibility index (Phi) is 7.94. The van der Waals surface area contributed by atoms with Crippen LogP contribution in [0.2, 0.25) is 0 Å². The molecule has 1 atom stereocenters. The van der Waals surface area contributed by atoms with Gasteiger partial charge in [0.25, 0.3) is 11.6 Å². The molecule has 11 heteroatoms. The second-order valence-electron chi connectivity index (χ2n) is 6.97. The third-order valence-corrected chi connectivity index (χ3v) is 4.60. The number of hydrogen-bond acceptors (Lipinski definition) is 8. The van der Waals surface area contributed by atoms with Gasteiger partial charge < -0.3 is 24.2 Å². The van der Waals surface area contributed by atoms with Crippen molar-refractivity contribution in [2.75, 3.05) is 26.9 Å². The van der Waals surface area contributed by atoms with Crippen molar-refractivity contribution in [3.05, 3.63) is 40.0 Å². The zero-order valence-corrected chi connectivity index (χ0v) is 17.3. The Morgan fingerprint density at radius 3 is 2.61 bits per heavy atom. The fourth-order valence-electron chi connectivity index (χ4n) is 3.18. The van der Waals surface area contributed by atoms with Crippen LogP contribution in [0.25, 0.3) is 0 Å². The van der Waals surface area contributed by atoms with E-state index in [1.165, 1.54) is 25.0 Å². The quantitative estimate of drug-likeness (QED) is 0.192. The number of amides is 1. The highest BCUT2D eigenvalue weighted by molar-refractivity contribution is 5.99. The second-order valence-corrected chi connectivity index (χ2v) is 6.97. The van der Waals surface area contributed by atoms with Crippen LogP contribution in [0.3, 0.4) is 0 Å². The van der Waals surface area contributed by atoms with Gasteiger partial charge in [0.15, 0.2) is 11.5 Å². The van der Waals surface area contributed by atoms with E-state index in [0.29, 0.717) is 6.42 Å². The molecule has 1 unspecified atom stereocenters. The maximum Gasteiger partial charge on any atom is 0.303 e. The molecular weight excluding hydrogens is 412 g/mol. The van der Waals surface area contributed by atoms with Gasteiger partial charge in [-0.05, 0) is 12.8 Å². The summed E-state index contributed by atoms with van der Waals surface area (Å²) in [4.78, 5) is 47.2. The normalized spacial score (nSPS) is 15.5. The van der Waals surface area contributed by atoms with Crippen molar-refractivity contribution < 1.29 is 38.6 Å². The molecular formula is C20H24N2O9. The van der Waals surface area contributed by atoms with Gasteiger partial charge in [0, 0.05) is 26.0 Å². The van der Waals surface area contributed by atoms with Crippen LogP contribution in [0, 0.1) is 10.1 Å². The van der Waals surface area contributed by atoms with E-state index < -0.39 is 34.5 Å². The first-order valence-electron chi connectivity index (χ1n) is 9.46. The Bertz CT molecular complexity index is 897. The fourth-order valence-corrected chi connectivity index (χ4v) is 3.18. The number of carbonyl (C=O) groups excluding carboxylic acids is 2. The molecule has 1 saturated heterocycles. The van der Waals surface area contributed by atoms with Crippen LogP contribution < -0.4 is 9.47 Å². The smallest absolute Gasteiger partial charge is 0.303 e. The van der Waals surface area contributed by atoms with E-state index >= 15 is 0 Å². The Morgan fingerprint density at radius 1 is 1.32 bits per heavy atom. The van der Waals surface area contributed by atoms with Crippen LogP contribution in [0.1, 0.15) is 36.5 Å². The number of rotatable bonds is 10. The first-order chi connectivity index (χ1) is 14.6. The molecule has 11 nitrogen and oxygen atoms in total. The highest BCUT2D eigenvalue weighted by atomic mass is 16.6. The summed E-state index contributed by atoms with van der Waals surface area (Å²) in [5.74, 6) is -1.99. The van der Waals surface area contributed by atoms with Crippen molar-refractivity contribution in [3.8, 4) is 11.5 Å². The van der Waals surface area contributed by atoms with E-state index in [2.05, 4.69) is 6.58 Å². The first kappa shape index (κ1) is 23.6. The minimum absolute atomic E-state index is 0.00349. The predicted octanol–water partition coefficient (Wildman–Crippen LogP) is 2.18. The maximum absolute atomic E-state index is 13.2. The molecule has 0 spiro atoms. The molecule has 1 aromatic carbocycles. The molecule has 1 aliphatic rings. The molecule has 0 bridgehead atoms. The summed E-state index contributed by atoms with van der Waals surface area (Å²) < 4.78 is 15.7. The number of carbonyl (C=O) groups is 3. The Hall–Kier alpha value is -3.63. The highest BCUT2D eigenvalue weighted by Gasteiger charge is 2.36. The topological polar surface area (TPSA) is 146 Å². The lowest BCUT2D eigenvalue weighted by Crippen LogP contribution is -2.39. The number of benzene rings is 1. The number of nitro groups is 1. The number of ether oxygens (including phenoxy) is 3. The lowest BCUT2D eigenvalue weighted by Gasteiger charge is -2.24. The molecule has 0 aromatic heterocycles. The average molecular weight is 436 g/mol. The van der Waals surface area contributed by atoms with Gasteiger partial charge in [0.2, 0.25) is 0 Å². The minimum atomic E-state index is -0.988. The molecule has 1 fully saturated rings. The van der Waals surface area contributed by atoms with Crippen LogP contribution in [0.15, 0.2) is 24.3 Å². The standard InChI is InChI=1S/C20H24N2O9/c1-12-7-14(11-31-13(2)23)21(10-12)20(26)15-8-17(29-3)18(9-16(15)22(27)28)30-6-4-5-19(24)25/h8-9,14H,1,4-7,10-11H2,2-3H3,(H,24,25). The molecule has 1 aliphatic heterocycles. The summed E-state index contributed by atoms with van der Waals surface area (Å²) in [6, 6.07) is 1.82. The van der Waals surface area contributed by atoms with E-state index in [-0.39, 0.29) is 49.7 Å². The SMILES string of the molecule is C=C1CC(COC(C)=O)N(C(=O)c2cc(OC)c(OCCCC(=O)O)cc2[N+](=O)[O-])C1. The van der Waals surface area contributed by atoms with Crippen molar-refractivity contribution in [3.63, 3.8) is 0 Å². The van der Waals surface area contributed by atoms with Gasteiger partial charge in [0.1, 0.15) is 12.2 Å². The van der Waals surface area contributed by atoms with E-state index in [1.54, 1.807) is 0 Å². The lowest BCUT2D eigenvalue weighted by molar-refractivity contribution is -0.385. The zero-order chi connectivity index (χ0) is 23.1. The molecule has 2 rings (SSSR count). The van der Waals surface area contributed by atoms with Crippen LogP contribution in [0.5, 0.6) is 11.5 Å². The average Bonchev–Trinajstić information content (AvgIpc) is 3.08. The third kappa shape index (κ3) is 6.17. The number of aliphatic carboxylic acids is 1. The highest BCUT2D eigenvalue weighted by Crippen LogP contribution is 2.36. The molecule has 31 heavy (non-hydrogen) atoms. The fraction of sp³-hybridized carbons (Fsp3) is 0.450. The number of hydrogen-bond donors (Lipinski definition) is 1. The van der Waals surface area contributed by atoms with Crippen molar-refractivity contribution >= 4 is 23.5 Å². The van der Waals surface area contributed by atoms with E-state index in [0.717, 1.165) is 11.6 Å². The summed E-state index contributed by atoms with van der Waals surface area (Å²) in [7, 11) is 1.32. The van der Waals surface area contributed by atoms with Crippen LogP contribution in [-0.2, 0) is 14.3 Å². The van der Waals surface area contributed by atoms with Gasteiger partial charge in [0.05, 0.1) is 30.7 Å². The van der Waals surface area contributed by atoms with Gasteiger partial charge in [-0.3, -0.25) is 24.5 Å². The Balaban J connectivity index is 2.32. The molecule has 1 amide bonds. The Labute approximate surface area is 178 Å². The van der Waals surface area contributed by atoms with Gasteiger partial charge >= 0.3 is 11.9 Å². The van der Waals surface area contributed by atoms with Crippen molar-refractivity contribution in [1.29, 1.82) is 0 Å². The molecule has 1 N–H and O–H groups in total. The number of methoxy groups -OCH3 is 1. The number of esters is 1. The van der Waals surface area contributed by atoms with Gasteiger partial charge in [-0.1, -0.05) is 12.2 Å². The number of carboxylic acid groups (broad SMARTS) is 1. The summed E-state index contributed by atoms with van der Waals surface area (Å²) in [6.45, 7) is 5.25. The van der Waals surface area contributed by atoms with E-state index in [1.807, 2.05) is 0 Å². The van der Waals surface area contributed by atoms with Gasteiger partial charge in [-0.2, -0.15) is 0 Å².